The van der Waals surface area contributed by atoms with Gasteiger partial charge in [-0.25, -0.2) is 9.67 Å². The lowest BCUT2D eigenvalue weighted by molar-refractivity contribution is 0.146. The first-order chi connectivity index (χ1) is 21.1. The highest BCUT2D eigenvalue weighted by Gasteiger charge is 2.20. The van der Waals surface area contributed by atoms with E-state index in [1.54, 1.807) is 23.2 Å². The van der Waals surface area contributed by atoms with E-state index in [0.29, 0.717) is 34.0 Å². The van der Waals surface area contributed by atoms with Crippen LogP contribution in [-0.4, -0.2) is 87.1 Å². The first-order valence-corrected chi connectivity index (χ1v) is 11.4. The Balaban J connectivity index is 1.18. The van der Waals surface area contributed by atoms with E-state index in [0.717, 1.165) is 12.0 Å². The summed E-state index contributed by atoms with van der Waals surface area (Å²) in [5, 5.41) is 9.33. The third-order valence-corrected chi connectivity index (χ3v) is 5.79. The molecule has 6 rings (SSSR count). The van der Waals surface area contributed by atoms with Crippen molar-refractivity contribution in [1.29, 1.82) is 0 Å². The Labute approximate surface area is 224 Å². The number of rotatable bonds is 9. The standard InChI is InChI=1S/C25H29N9O3/c1-35-15-16-36-19-6-4-18(5-7-19)32-11-8-31(9-12-32)10-13-33-23-20(17-27-33)24-28-22(21-3-2-14-37-21)30-34(24)25(26)29-23/h2-7,14,17H,8-13,15-16H2,1H3,(H2,26,29)/i8D2,9D2,15D2,16D2. The van der Waals surface area contributed by atoms with Gasteiger partial charge in [-0.1, -0.05) is 0 Å². The smallest absolute Gasteiger partial charge is 0.225 e. The molecular formula is C25H29N9O3. The summed E-state index contributed by atoms with van der Waals surface area (Å²) in [6.45, 7) is -9.95. The first kappa shape index (κ1) is 15.8. The second kappa shape index (κ2) is 10.1. The van der Waals surface area contributed by atoms with E-state index in [9.17, 15) is 0 Å². The zero-order valence-electron chi connectivity index (χ0n) is 27.8. The van der Waals surface area contributed by atoms with Crippen LogP contribution in [0.4, 0.5) is 11.6 Å². The normalized spacial score (nSPS) is 21.4. The van der Waals surface area contributed by atoms with Gasteiger partial charge < -0.3 is 24.5 Å². The summed E-state index contributed by atoms with van der Waals surface area (Å²) in [6.07, 6.45) is 3.07. The topological polar surface area (TPSA) is 125 Å². The van der Waals surface area contributed by atoms with Gasteiger partial charge in [-0.15, -0.1) is 5.10 Å². The Morgan fingerprint density at radius 2 is 1.92 bits per heavy atom. The molecule has 0 saturated carbocycles. The number of furan rings is 1. The summed E-state index contributed by atoms with van der Waals surface area (Å²) < 4.78 is 84.1. The van der Waals surface area contributed by atoms with Crippen molar-refractivity contribution in [1.82, 2.24) is 34.3 Å². The molecule has 12 nitrogen and oxygen atoms in total. The summed E-state index contributed by atoms with van der Waals surface area (Å²) in [6, 6.07) is 9.31. The van der Waals surface area contributed by atoms with E-state index in [1.807, 2.05) is 0 Å². The molecule has 37 heavy (non-hydrogen) atoms. The van der Waals surface area contributed by atoms with Crippen molar-refractivity contribution < 1.29 is 24.9 Å². The molecule has 0 spiro atoms. The SMILES string of the molecule is [2H]C1([2H])CN(c2ccc(OC([2H])([2H])C([2H])([2H])OC)cc2)CC([2H])([2H])N1CCn1ncc2c1nc(N)n1nc(-c3ccco3)nc21. The van der Waals surface area contributed by atoms with Crippen LogP contribution in [0.5, 0.6) is 5.75 Å². The first-order valence-electron chi connectivity index (χ1n) is 15.4. The van der Waals surface area contributed by atoms with Gasteiger partial charge in [0.25, 0.3) is 0 Å². The quantitative estimate of drug-likeness (QED) is 0.315. The molecule has 4 aromatic heterocycles. The predicted molar refractivity (Wildman–Crippen MR) is 139 cm³/mol. The molecule has 1 fully saturated rings. The van der Waals surface area contributed by atoms with Crippen LogP contribution in [0, 0.1) is 0 Å². The summed E-state index contributed by atoms with van der Waals surface area (Å²) in [5.41, 5.74) is 7.46. The molecule has 12 heteroatoms. The number of hydrogen-bond acceptors (Lipinski definition) is 10. The molecule has 1 aliphatic heterocycles. The van der Waals surface area contributed by atoms with Crippen LogP contribution < -0.4 is 15.4 Å². The summed E-state index contributed by atoms with van der Waals surface area (Å²) in [4.78, 5) is 11.7. The Bertz CT molecular complexity index is 1810. The Morgan fingerprint density at radius 1 is 1.08 bits per heavy atom. The molecule has 2 N–H and O–H groups in total. The lowest BCUT2D eigenvalue weighted by Gasteiger charge is -2.36. The van der Waals surface area contributed by atoms with Gasteiger partial charge in [0, 0.05) is 50.9 Å². The molecule has 1 aromatic carbocycles. The molecule has 0 amide bonds. The van der Waals surface area contributed by atoms with Crippen LogP contribution in [0.2, 0.25) is 0 Å². The van der Waals surface area contributed by atoms with Gasteiger partial charge in [-0.05, 0) is 36.4 Å². The largest absolute Gasteiger partial charge is 0.491 e. The van der Waals surface area contributed by atoms with Crippen molar-refractivity contribution in [2.75, 3.05) is 63.5 Å². The third-order valence-electron chi connectivity index (χ3n) is 5.79. The predicted octanol–water partition coefficient (Wildman–Crippen LogP) is 2.16. The maximum Gasteiger partial charge on any atom is 0.225 e. The summed E-state index contributed by atoms with van der Waals surface area (Å²) in [5.74, 6) is 0.870. The molecule has 0 unspecified atom stereocenters. The van der Waals surface area contributed by atoms with Gasteiger partial charge in [-0.3, -0.25) is 4.90 Å². The molecule has 0 aliphatic carbocycles. The van der Waals surface area contributed by atoms with Crippen LogP contribution in [0.15, 0.2) is 53.3 Å². The van der Waals surface area contributed by atoms with E-state index in [-0.39, 0.29) is 37.9 Å². The highest BCUT2D eigenvalue weighted by molar-refractivity contribution is 5.90. The Hall–Kier alpha value is -4.16. The van der Waals surface area contributed by atoms with E-state index < -0.39 is 26.1 Å². The lowest BCUT2D eigenvalue weighted by Crippen LogP contribution is -2.47. The van der Waals surface area contributed by atoms with Crippen molar-refractivity contribution in [3.63, 3.8) is 0 Å². The number of nitrogen functional groups attached to an aromatic ring is 1. The number of nitrogens with zero attached hydrogens (tertiary/aromatic N) is 8. The summed E-state index contributed by atoms with van der Waals surface area (Å²) >= 11 is 0. The number of anilines is 2. The van der Waals surface area contributed by atoms with Crippen molar-refractivity contribution in [3.05, 3.63) is 48.9 Å². The molecule has 1 aliphatic rings. The van der Waals surface area contributed by atoms with Gasteiger partial charge in [0.1, 0.15) is 12.3 Å². The average Bonchev–Trinajstić information content (AvgIpc) is 3.72. The maximum absolute atomic E-state index is 8.76. The third kappa shape index (κ3) is 4.68. The van der Waals surface area contributed by atoms with Gasteiger partial charge in [0.15, 0.2) is 17.1 Å². The fraction of sp³-hybridized carbons (Fsp3) is 0.360. The number of nitrogens with two attached hydrogens (primary N) is 1. The van der Waals surface area contributed by atoms with Gasteiger partial charge >= 0.3 is 0 Å². The monoisotopic (exact) mass is 511 g/mol. The zero-order chi connectivity index (χ0) is 32.4. The molecular weight excluding hydrogens is 474 g/mol. The van der Waals surface area contributed by atoms with E-state index >= 15 is 0 Å². The van der Waals surface area contributed by atoms with Crippen molar-refractivity contribution >= 4 is 28.3 Å². The number of piperazine rings is 1. The minimum Gasteiger partial charge on any atom is -0.491 e. The van der Waals surface area contributed by atoms with Crippen LogP contribution in [0.3, 0.4) is 0 Å². The molecule has 0 atom stereocenters. The maximum atomic E-state index is 8.76. The van der Waals surface area contributed by atoms with E-state index in [4.69, 9.17) is 25.9 Å². The molecule has 0 radical (unpaired) electrons. The minimum atomic E-state index is -2.78. The number of hydrogen-bond donors (Lipinski definition) is 1. The fourth-order valence-electron chi connectivity index (χ4n) is 3.97. The Morgan fingerprint density at radius 3 is 2.68 bits per heavy atom. The van der Waals surface area contributed by atoms with Crippen LogP contribution in [0.1, 0.15) is 11.0 Å². The van der Waals surface area contributed by atoms with Crippen molar-refractivity contribution in [2.45, 2.75) is 6.54 Å². The fourth-order valence-corrected chi connectivity index (χ4v) is 3.97. The lowest BCUT2D eigenvalue weighted by atomic mass is 10.2. The minimum absolute atomic E-state index is 0.0237. The van der Waals surface area contributed by atoms with Crippen molar-refractivity contribution in [2.24, 2.45) is 0 Å². The Kier molecular flexibility index (Phi) is 4.31. The number of fused-ring (bicyclic) bond motifs is 3. The van der Waals surface area contributed by atoms with E-state index in [2.05, 4.69) is 24.9 Å². The second-order valence-corrected chi connectivity index (χ2v) is 8.05. The van der Waals surface area contributed by atoms with Gasteiger partial charge in [0.2, 0.25) is 11.8 Å². The highest BCUT2D eigenvalue weighted by atomic mass is 16.5. The number of aromatic nitrogens is 6. The van der Waals surface area contributed by atoms with E-state index in [1.165, 1.54) is 39.7 Å². The molecule has 5 aromatic rings. The second-order valence-electron chi connectivity index (χ2n) is 8.05. The van der Waals surface area contributed by atoms with Crippen LogP contribution >= 0.6 is 0 Å². The molecule has 192 valence electrons. The molecule has 5 heterocycles. The van der Waals surface area contributed by atoms with Crippen molar-refractivity contribution in [3.8, 4) is 17.3 Å². The number of ether oxygens (including phenoxy) is 2. The molecule has 0 bridgehead atoms. The zero-order valence-corrected chi connectivity index (χ0v) is 19.8. The van der Waals surface area contributed by atoms with Crippen LogP contribution in [-0.2, 0) is 11.3 Å². The average molecular weight is 512 g/mol. The highest BCUT2D eigenvalue weighted by Crippen LogP contribution is 2.24. The number of methoxy groups -OCH3 is 1. The van der Waals surface area contributed by atoms with Crippen LogP contribution in [0.25, 0.3) is 28.3 Å². The van der Waals surface area contributed by atoms with Gasteiger partial charge in [0.05, 0.1) is 36.4 Å². The number of benzene rings is 1. The van der Waals surface area contributed by atoms with Gasteiger partial charge in [-0.2, -0.15) is 14.6 Å². The molecule has 1 saturated heterocycles. The summed E-state index contributed by atoms with van der Waals surface area (Å²) in [7, 11) is 1.03.